The van der Waals surface area contributed by atoms with E-state index >= 15 is 0 Å². The lowest BCUT2D eigenvalue weighted by Gasteiger charge is -2.18. The van der Waals surface area contributed by atoms with E-state index in [-0.39, 0.29) is 6.04 Å². The van der Waals surface area contributed by atoms with Crippen LogP contribution in [0, 0.1) is 5.92 Å². The Balaban J connectivity index is 2.08. The largest absolute Gasteiger partial charge is 0.356 e. The van der Waals surface area contributed by atoms with Gasteiger partial charge in [-0.1, -0.05) is 0 Å². The molecule has 0 amide bonds. The van der Waals surface area contributed by atoms with Crippen molar-refractivity contribution in [3.8, 4) is 0 Å². The number of thioether (sulfide) groups is 1. The second kappa shape index (κ2) is 5.01. The van der Waals surface area contributed by atoms with E-state index < -0.39 is 0 Å². The van der Waals surface area contributed by atoms with Crippen molar-refractivity contribution < 1.29 is 0 Å². The molecule has 88 valence electrons. The highest BCUT2D eigenvalue weighted by Crippen LogP contribution is 2.25. The van der Waals surface area contributed by atoms with Crippen LogP contribution in [0.1, 0.15) is 13.3 Å². The standard InChI is InChI=1S/C11H18N4S/c1-8(12)9-3-4-15(6-9)10-5-11(16-2)14-7-13-10/h5,7-9H,3-4,6,12H2,1-2H3. The molecular weight excluding hydrogens is 220 g/mol. The highest BCUT2D eigenvalue weighted by Gasteiger charge is 2.26. The van der Waals surface area contributed by atoms with Gasteiger partial charge in [-0.25, -0.2) is 9.97 Å². The molecular formula is C11H18N4S. The number of aromatic nitrogens is 2. The molecule has 0 saturated carbocycles. The summed E-state index contributed by atoms with van der Waals surface area (Å²) in [4.78, 5) is 10.8. The third-order valence-corrected chi connectivity index (χ3v) is 3.77. The minimum atomic E-state index is 0.270. The molecule has 2 heterocycles. The van der Waals surface area contributed by atoms with E-state index in [1.54, 1.807) is 18.1 Å². The Morgan fingerprint density at radius 2 is 2.38 bits per heavy atom. The second-order valence-electron chi connectivity index (χ2n) is 4.27. The minimum Gasteiger partial charge on any atom is -0.356 e. The average molecular weight is 238 g/mol. The maximum atomic E-state index is 5.93. The first kappa shape index (κ1) is 11.7. The van der Waals surface area contributed by atoms with Gasteiger partial charge < -0.3 is 10.6 Å². The average Bonchev–Trinajstić information content (AvgIpc) is 2.78. The maximum absolute atomic E-state index is 5.93. The number of nitrogens with zero attached hydrogens (tertiary/aromatic N) is 3. The lowest BCUT2D eigenvalue weighted by atomic mass is 10.0. The summed E-state index contributed by atoms with van der Waals surface area (Å²) in [6, 6.07) is 2.32. The summed E-state index contributed by atoms with van der Waals surface area (Å²) in [5.41, 5.74) is 5.93. The van der Waals surface area contributed by atoms with Gasteiger partial charge in [0.1, 0.15) is 17.2 Å². The molecule has 1 aliphatic heterocycles. The van der Waals surface area contributed by atoms with Crippen molar-refractivity contribution in [2.24, 2.45) is 11.7 Å². The maximum Gasteiger partial charge on any atom is 0.133 e. The number of rotatable bonds is 3. The molecule has 2 rings (SSSR count). The molecule has 0 spiro atoms. The monoisotopic (exact) mass is 238 g/mol. The molecule has 2 atom stereocenters. The van der Waals surface area contributed by atoms with Crippen LogP contribution in [0.25, 0.3) is 0 Å². The normalized spacial score (nSPS) is 22.4. The highest BCUT2D eigenvalue weighted by atomic mass is 32.2. The smallest absolute Gasteiger partial charge is 0.133 e. The molecule has 1 fully saturated rings. The van der Waals surface area contributed by atoms with Crippen LogP contribution in [0.2, 0.25) is 0 Å². The second-order valence-corrected chi connectivity index (χ2v) is 5.10. The fourth-order valence-electron chi connectivity index (χ4n) is 2.04. The van der Waals surface area contributed by atoms with Gasteiger partial charge in [0.25, 0.3) is 0 Å². The van der Waals surface area contributed by atoms with Crippen molar-refractivity contribution in [2.75, 3.05) is 24.2 Å². The van der Waals surface area contributed by atoms with Gasteiger partial charge >= 0.3 is 0 Å². The lowest BCUT2D eigenvalue weighted by molar-refractivity contribution is 0.488. The van der Waals surface area contributed by atoms with Crippen LogP contribution in [0.15, 0.2) is 17.4 Å². The van der Waals surface area contributed by atoms with E-state index in [4.69, 9.17) is 5.73 Å². The molecule has 0 aromatic carbocycles. The number of nitrogens with two attached hydrogens (primary N) is 1. The molecule has 16 heavy (non-hydrogen) atoms. The molecule has 1 aliphatic rings. The van der Waals surface area contributed by atoms with Crippen LogP contribution >= 0.6 is 11.8 Å². The molecule has 1 aromatic rings. The molecule has 0 aliphatic carbocycles. The first-order chi connectivity index (χ1) is 7.70. The zero-order valence-electron chi connectivity index (χ0n) is 9.76. The molecule has 0 radical (unpaired) electrons. The van der Waals surface area contributed by atoms with E-state index in [2.05, 4.69) is 21.8 Å². The predicted octanol–water partition coefficient (Wildman–Crippen LogP) is 1.37. The SMILES string of the molecule is CSc1cc(N2CCC(C(C)N)C2)ncn1. The van der Waals surface area contributed by atoms with Gasteiger partial charge in [0, 0.05) is 25.2 Å². The van der Waals surface area contributed by atoms with Crippen LogP contribution in [-0.2, 0) is 0 Å². The Labute approximate surface area is 101 Å². The van der Waals surface area contributed by atoms with Gasteiger partial charge in [-0.15, -0.1) is 11.8 Å². The molecule has 0 bridgehead atoms. The van der Waals surface area contributed by atoms with Gasteiger partial charge in [0.2, 0.25) is 0 Å². The summed E-state index contributed by atoms with van der Waals surface area (Å²) in [5.74, 6) is 1.62. The van der Waals surface area contributed by atoms with Crippen LogP contribution < -0.4 is 10.6 Å². The van der Waals surface area contributed by atoms with Gasteiger partial charge in [-0.05, 0) is 25.5 Å². The summed E-state index contributed by atoms with van der Waals surface area (Å²) in [6.07, 6.45) is 4.83. The Morgan fingerprint density at radius 1 is 1.56 bits per heavy atom. The van der Waals surface area contributed by atoms with Gasteiger partial charge in [-0.2, -0.15) is 0 Å². The fourth-order valence-corrected chi connectivity index (χ4v) is 2.41. The summed E-state index contributed by atoms with van der Waals surface area (Å²) < 4.78 is 0. The van der Waals surface area contributed by atoms with E-state index in [1.165, 1.54) is 0 Å². The van der Waals surface area contributed by atoms with Crippen molar-refractivity contribution >= 4 is 17.6 Å². The van der Waals surface area contributed by atoms with Gasteiger partial charge in [0.05, 0.1) is 0 Å². The molecule has 2 N–H and O–H groups in total. The Hall–Kier alpha value is -0.810. The quantitative estimate of drug-likeness (QED) is 0.637. The highest BCUT2D eigenvalue weighted by molar-refractivity contribution is 7.98. The van der Waals surface area contributed by atoms with Crippen molar-refractivity contribution in [1.29, 1.82) is 0 Å². The number of hydrogen-bond donors (Lipinski definition) is 1. The topological polar surface area (TPSA) is 55.0 Å². The van der Waals surface area contributed by atoms with Crippen molar-refractivity contribution in [3.63, 3.8) is 0 Å². The van der Waals surface area contributed by atoms with Crippen LogP contribution in [0.4, 0.5) is 5.82 Å². The van der Waals surface area contributed by atoms with Crippen molar-refractivity contribution in [3.05, 3.63) is 12.4 Å². The lowest BCUT2D eigenvalue weighted by Crippen LogP contribution is -2.30. The summed E-state index contributed by atoms with van der Waals surface area (Å²) in [5, 5.41) is 1.02. The zero-order valence-corrected chi connectivity index (χ0v) is 10.6. The Bertz CT molecular complexity index is 356. The van der Waals surface area contributed by atoms with Crippen molar-refractivity contribution in [1.82, 2.24) is 9.97 Å². The number of anilines is 1. The Kier molecular flexibility index (Phi) is 3.66. The van der Waals surface area contributed by atoms with E-state index in [0.717, 1.165) is 30.4 Å². The van der Waals surface area contributed by atoms with E-state index in [0.29, 0.717) is 5.92 Å². The molecule has 5 heteroatoms. The zero-order chi connectivity index (χ0) is 11.5. The van der Waals surface area contributed by atoms with Crippen LogP contribution in [0.3, 0.4) is 0 Å². The van der Waals surface area contributed by atoms with Crippen LogP contribution in [0.5, 0.6) is 0 Å². The predicted molar refractivity (Wildman–Crippen MR) is 67.8 cm³/mol. The summed E-state index contributed by atoms with van der Waals surface area (Å²) >= 11 is 1.65. The van der Waals surface area contributed by atoms with E-state index in [1.807, 2.05) is 12.3 Å². The van der Waals surface area contributed by atoms with Gasteiger partial charge in [0.15, 0.2) is 0 Å². The van der Waals surface area contributed by atoms with E-state index in [9.17, 15) is 0 Å². The van der Waals surface area contributed by atoms with Crippen LogP contribution in [-0.4, -0.2) is 35.4 Å². The minimum absolute atomic E-state index is 0.270. The van der Waals surface area contributed by atoms with Gasteiger partial charge in [-0.3, -0.25) is 0 Å². The first-order valence-corrected chi connectivity index (χ1v) is 6.79. The molecule has 4 nitrogen and oxygen atoms in total. The fraction of sp³-hybridized carbons (Fsp3) is 0.636. The first-order valence-electron chi connectivity index (χ1n) is 5.57. The molecule has 1 saturated heterocycles. The third-order valence-electron chi connectivity index (χ3n) is 3.13. The molecule has 1 aromatic heterocycles. The third kappa shape index (κ3) is 2.47. The summed E-state index contributed by atoms with van der Waals surface area (Å²) in [7, 11) is 0. The molecule has 2 unspecified atom stereocenters. The summed E-state index contributed by atoms with van der Waals surface area (Å²) in [6.45, 7) is 4.15. The Morgan fingerprint density at radius 3 is 3.00 bits per heavy atom. The van der Waals surface area contributed by atoms with Crippen molar-refractivity contribution in [2.45, 2.75) is 24.4 Å². The number of hydrogen-bond acceptors (Lipinski definition) is 5.